The van der Waals surface area contributed by atoms with Crippen LogP contribution in [0.15, 0.2) is 12.2 Å². The summed E-state index contributed by atoms with van der Waals surface area (Å²) in [6, 6.07) is 0. The summed E-state index contributed by atoms with van der Waals surface area (Å²) in [6.07, 6.45) is 5.25. The molecular weight excluding hydrogens is 335 g/mol. The molecule has 8 nitrogen and oxygen atoms in total. The number of unbranched alkanes of at least 4 members (excludes halogenated alkanes) is 3. The SMILES string of the molecule is CC1(C)COP(=O)(NCCCCCCNC(=O)/C=C/C(=O)O)OC1. The van der Waals surface area contributed by atoms with E-state index in [0.717, 1.165) is 37.8 Å². The lowest BCUT2D eigenvalue weighted by Crippen LogP contribution is -2.33. The van der Waals surface area contributed by atoms with Gasteiger partial charge in [0, 0.05) is 30.7 Å². The van der Waals surface area contributed by atoms with Crippen LogP contribution in [0.2, 0.25) is 0 Å². The Kier molecular flexibility index (Phi) is 8.62. The number of carboxylic acid groups (broad SMARTS) is 1. The molecule has 0 aliphatic carbocycles. The summed E-state index contributed by atoms with van der Waals surface area (Å²) < 4.78 is 22.8. The van der Waals surface area contributed by atoms with Crippen LogP contribution in [0, 0.1) is 5.41 Å². The van der Waals surface area contributed by atoms with Crippen molar-refractivity contribution in [3.8, 4) is 0 Å². The lowest BCUT2D eigenvalue weighted by atomic mass is 9.97. The van der Waals surface area contributed by atoms with E-state index in [1.54, 1.807) is 0 Å². The maximum Gasteiger partial charge on any atom is 0.405 e. The van der Waals surface area contributed by atoms with Crippen LogP contribution in [0.4, 0.5) is 0 Å². The second-order valence-corrected chi connectivity index (χ2v) is 8.32. The van der Waals surface area contributed by atoms with Gasteiger partial charge in [-0.15, -0.1) is 0 Å². The van der Waals surface area contributed by atoms with Crippen LogP contribution < -0.4 is 10.4 Å². The molecule has 0 spiro atoms. The van der Waals surface area contributed by atoms with Gasteiger partial charge in [0.1, 0.15) is 0 Å². The third kappa shape index (κ3) is 9.17. The van der Waals surface area contributed by atoms with E-state index in [1.165, 1.54) is 0 Å². The number of carbonyl (C=O) groups is 2. The first-order valence-corrected chi connectivity index (χ1v) is 9.60. The number of hydrogen-bond donors (Lipinski definition) is 3. The molecule has 0 saturated carbocycles. The molecule has 1 amide bonds. The van der Waals surface area contributed by atoms with Crippen molar-refractivity contribution in [2.24, 2.45) is 5.41 Å². The van der Waals surface area contributed by atoms with Crippen molar-refractivity contribution in [1.82, 2.24) is 10.4 Å². The average Bonchev–Trinajstić information content (AvgIpc) is 2.51. The first kappa shape index (κ1) is 20.8. The van der Waals surface area contributed by atoms with Crippen LogP contribution in [-0.2, 0) is 23.2 Å². The van der Waals surface area contributed by atoms with E-state index in [2.05, 4.69) is 10.4 Å². The summed E-state index contributed by atoms with van der Waals surface area (Å²) in [6.45, 7) is 5.85. The van der Waals surface area contributed by atoms with Crippen molar-refractivity contribution >= 4 is 19.6 Å². The summed E-state index contributed by atoms with van der Waals surface area (Å²) in [4.78, 5) is 21.4. The van der Waals surface area contributed by atoms with Crippen LogP contribution in [0.3, 0.4) is 0 Å². The number of hydrogen-bond acceptors (Lipinski definition) is 5. The van der Waals surface area contributed by atoms with Gasteiger partial charge in [-0.1, -0.05) is 26.7 Å². The highest BCUT2D eigenvalue weighted by molar-refractivity contribution is 7.51. The number of carboxylic acids is 1. The number of nitrogens with one attached hydrogen (secondary N) is 2. The van der Waals surface area contributed by atoms with Gasteiger partial charge < -0.3 is 10.4 Å². The lowest BCUT2D eigenvalue weighted by molar-refractivity contribution is -0.131. The number of carbonyl (C=O) groups excluding carboxylic acids is 1. The maximum absolute atomic E-state index is 12.2. The van der Waals surface area contributed by atoms with E-state index in [-0.39, 0.29) is 5.41 Å². The van der Waals surface area contributed by atoms with Gasteiger partial charge >= 0.3 is 13.7 Å². The fourth-order valence-electron chi connectivity index (χ4n) is 1.93. The number of rotatable bonds is 10. The van der Waals surface area contributed by atoms with E-state index < -0.39 is 19.6 Å². The zero-order chi connectivity index (χ0) is 18.1. The van der Waals surface area contributed by atoms with Crippen molar-refractivity contribution in [2.75, 3.05) is 26.3 Å². The molecule has 1 fully saturated rings. The molecule has 1 aliphatic heterocycles. The minimum Gasteiger partial charge on any atom is -0.478 e. The zero-order valence-corrected chi connectivity index (χ0v) is 15.1. The minimum atomic E-state index is -3.15. The highest BCUT2D eigenvalue weighted by atomic mass is 31.2. The molecule has 0 aromatic carbocycles. The van der Waals surface area contributed by atoms with Gasteiger partial charge in [-0.2, -0.15) is 0 Å². The molecule has 1 rings (SSSR count). The van der Waals surface area contributed by atoms with Crippen molar-refractivity contribution < 1.29 is 28.3 Å². The number of aliphatic carboxylic acids is 1. The fourth-order valence-corrected chi connectivity index (χ4v) is 3.65. The molecule has 0 atom stereocenters. The van der Waals surface area contributed by atoms with Crippen LogP contribution in [-0.4, -0.2) is 43.3 Å². The third-order valence-electron chi connectivity index (χ3n) is 3.34. The van der Waals surface area contributed by atoms with Crippen LogP contribution in [0.1, 0.15) is 39.5 Å². The Bertz CT molecular complexity index is 492. The van der Waals surface area contributed by atoms with Gasteiger partial charge in [0.05, 0.1) is 13.2 Å². The van der Waals surface area contributed by atoms with Crippen LogP contribution in [0.5, 0.6) is 0 Å². The van der Waals surface area contributed by atoms with E-state index in [0.29, 0.717) is 26.3 Å². The molecular formula is C15H27N2O6P. The molecule has 0 aromatic heterocycles. The predicted octanol–water partition coefficient (Wildman–Crippen LogP) is 2.07. The van der Waals surface area contributed by atoms with E-state index in [9.17, 15) is 14.2 Å². The van der Waals surface area contributed by atoms with E-state index >= 15 is 0 Å². The molecule has 0 aromatic rings. The van der Waals surface area contributed by atoms with Gasteiger partial charge in [0.15, 0.2) is 0 Å². The molecule has 3 N–H and O–H groups in total. The lowest BCUT2D eigenvalue weighted by Gasteiger charge is -2.33. The Hall–Kier alpha value is -1.21. The van der Waals surface area contributed by atoms with Crippen molar-refractivity contribution in [2.45, 2.75) is 39.5 Å². The zero-order valence-electron chi connectivity index (χ0n) is 14.2. The van der Waals surface area contributed by atoms with Gasteiger partial charge in [-0.25, -0.2) is 14.4 Å². The molecule has 1 aliphatic rings. The predicted molar refractivity (Wildman–Crippen MR) is 89.5 cm³/mol. The average molecular weight is 362 g/mol. The smallest absolute Gasteiger partial charge is 0.405 e. The van der Waals surface area contributed by atoms with Crippen LogP contribution >= 0.6 is 7.75 Å². The second-order valence-electron chi connectivity index (χ2n) is 6.49. The summed E-state index contributed by atoms with van der Waals surface area (Å²) in [5.41, 5.74) is -0.111. The Labute approximate surface area is 142 Å². The van der Waals surface area contributed by atoms with Gasteiger partial charge in [-0.3, -0.25) is 13.8 Å². The standard InChI is InChI=1S/C15H27N2O6P/c1-15(2)11-22-24(21,23-12-15)17-10-6-4-3-5-9-16-13(18)7-8-14(19)20/h7-8H,3-6,9-12H2,1-2H3,(H,16,18)(H,17,21)(H,19,20)/b8-7+. The highest BCUT2D eigenvalue weighted by Gasteiger charge is 2.36. The topological polar surface area (TPSA) is 114 Å². The second kappa shape index (κ2) is 9.93. The largest absolute Gasteiger partial charge is 0.478 e. The Balaban J connectivity index is 2.00. The summed E-state index contributed by atoms with van der Waals surface area (Å²) in [5, 5.41) is 13.8. The normalized spacial score (nSPS) is 19.2. The maximum atomic E-state index is 12.2. The van der Waals surface area contributed by atoms with E-state index in [1.807, 2.05) is 13.8 Å². The summed E-state index contributed by atoms with van der Waals surface area (Å²) >= 11 is 0. The molecule has 1 saturated heterocycles. The Morgan fingerprint density at radius 1 is 1.08 bits per heavy atom. The quantitative estimate of drug-likeness (QED) is 0.310. The molecule has 0 bridgehead atoms. The molecule has 1 heterocycles. The summed E-state index contributed by atoms with van der Waals surface area (Å²) in [5.74, 6) is -1.56. The molecule has 138 valence electrons. The monoisotopic (exact) mass is 362 g/mol. The fraction of sp³-hybridized carbons (Fsp3) is 0.733. The van der Waals surface area contributed by atoms with Gasteiger partial charge in [0.2, 0.25) is 5.91 Å². The van der Waals surface area contributed by atoms with E-state index in [4.69, 9.17) is 14.2 Å². The van der Waals surface area contributed by atoms with Gasteiger partial charge in [0.25, 0.3) is 0 Å². The highest BCUT2D eigenvalue weighted by Crippen LogP contribution is 2.49. The summed E-state index contributed by atoms with van der Waals surface area (Å²) in [7, 11) is -3.15. The Morgan fingerprint density at radius 3 is 2.25 bits per heavy atom. The third-order valence-corrected chi connectivity index (χ3v) is 4.88. The molecule has 0 unspecified atom stereocenters. The van der Waals surface area contributed by atoms with Crippen molar-refractivity contribution in [1.29, 1.82) is 0 Å². The minimum absolute atomic E-state index is 0.111. The van der Waals surface area contributed by atoms with Crippen LogP contribution in [0.25, 0.3) is 0 Å². The molecule has 9 heteroatoms. The Morgan fingerprint density at radius 2 is 1.67 bits per heavy atom. The molecule has 0 radical (unpaired) electrons. The first-order valence-electron chi connectivity index (χ1n) is 8.06. The van der Waals surface area contributed by atoms with Crippen molar-refractivity contribution in [3.05, 3.63) is 12.2 Å². The van der Waals surface area contributed by atoms with Gasteiger partial charge in [-0.05, 0) is 12.8 Å². The van der Waals surface area contributed by atoms with Crippen molar-refractivity contribution in [3.63, 3.8) is 0 Å². The number of amides is 1. The molecule has 24 heavy (non-hydrogen) atoms. The first-order chi connectivity index (χ1) is 11.2.